The summed E-state index contributed by atoms with van der Waals surface area (Å²) in [6.45, 7) is 1.79. The van der Waals surface area contributed by atoms with Crippen LogP contribution in [-0.4, -0.2) is 41.7 Å². The molecule has 19 heavy (non-hydrogen) atoms. The van der Waals surface area contributed by atoms with Crippen LogP contribution < -0.4 is 10.6 Å². The highest BCUT2D eigenvalue weighted by atomic mass is 35.5. The van der Waals surface area contributed by atoms with E-state index in [0.29, 0.717) is 0 Å². The predicted molar refractivity (Wildman–Crippen MR) is 72.5 cm³/mol. The molecule has 0 saturated carbocycles. The van der Waals surface area contributed by atoms with Gasteiger partial charge in [0, 0.05) is 0 Å². The molecule has 2 N–H and O–H groups in total. The summed E-state index contributed by atoms with van der Waals surface area (Å²) < 4.78 is 5.52. The third-order valence-electron chi connectivity index (χ3n) is 2.76. The van der Waals surface area contributed by atoms with E-state index in [2.05, 4.69) is 20.6 Å². The molecular formula is C11H14Cl2N4O2. The largest absolute Gasteiger partial charge is 0.368 e. The Morgan fingerprint density at radius 2 is 2.00 bits per heavy atom. The molecule has 1 aliphatic rings. The van der Waals surface area contributed by atoms with Gasteiger partial charge in [0.25, 0.3) is 5.91 Å². The van der Waals surface area contributed by atoms with Crippen LogP contribution in [0.5, 0.6) is 0 Å². The van der Waals surface area contributed by atoms with Crippen molar-refractivity contribution in [2.45, 2.75) is 18.9 Å². The fraction of sp³-hybridized carbons (Fsp3) is 0.545. The van der Waals surface area contributed by atoms with Crippen molar-refractivity contribution in [3.63, 3.8) is 0 Å². The second-order valence-electron chi connectivity index (χ2n) is 4.14. The Balaban J connectivity index is 1.83. The van der Waals surface area contributed by atoms with Crippen molar-refractivity contribution < 1.29 is 9.53 Å². The summed E-state index contributed by atoms with van der Waals surface area (Å²) in [5.74, 6) is -0.322. The molecule has 0 bridgehead atoms. The van der Waals surface area contributed by atoms with Crippen molar-refractivity contribution >= 4 is 34.8 Å². The average molecular weight is 305 g/mol. The van der Waals surface area contributed by atoms with Gasteiger partial charge in [-0.3, -0.25) is 4.79 Å². The van der Waals surface area contributed by atoms with E-state index in [1.165, 1.54) is 6.33 Å². The lowest BCUT2D eigenvalue weighted by atomic mass is 10.1. The van der Waals surface area contributed by atoms with Crippen LogP contribution in [0.3, 0.4) is 0 Å². The second-order valence-corrected chi connectivity index (χ2v) is 4.85. The van der Waals surface area contributed by atoms with Gasteiger partial charge in [-0.2, -0.15) is 0 Å². The second kappa shape index (κ2) is 7.00. The minimum Gasteiger partial charge on any atom is -0.368 e. The molecule has 0 aliphatic carbocycles. The Morgan fingerprint density at radius 3 is 2.63 bits per heavy atom. The number of hydrogen-bond donors (Lipinski definition) is 2. The first-order valence-corrected chi connectivity index (χ1v) is 6.70. The van der Waals surface area contributed by atoms with Crippen LogP contribution >= 0.6 is 23.2 Å². The molecule has 0 spiro atoms. The average Bonchev–Trinajstić information content (AvgIpc) is 2.42. The number of amides is 1. The Hall–Kier alpha value is -0.950. The van der Waals surface area contributed by atoms with E-state index in [1.807, 2.05) is 0 Å². The molecule has 0 unspecified atom stereocenters. The van der Waals surface area contributed by atoms with Crippen LogP contribution in [0, 0.1) is 0 Å². The Labute approximate surface area is 120 Å². The van der Waals surface area contributed by atoms with E-state index in [-0.39, 0.29) is 34.6 Å². The normalized spacial score (nSPS) is 16.3. The number of ether oxygens (including phenoxy) is 1. The van der Waals surface area contributed by atoms with Gasteiger partial charge in [0.15, 0.2) is 10.3 Å². The van der Waals surface area contributed by atoms with E-state index >= 15 is 0 Å². The first kappa shape index (κ1) is 14.5. The summed E-state index contributed by atoms with van der Waals surface area (Å²) in [5, 5.41) is 5.99. The van der Waals surface area contributed by atoms with Gasteiger partial charge in [0.1, 0.15) is 18.6 Å². The van der Waals surface area contributed by atoms with Crippen molar-refractivity contribution in [1.82, 2.24) is 15.3 Å². The SMILES string of the molecule is O=C(COC1CCNCC1)Nc1c(Cl)ncnc1Cl. The highest BCUT2D eigenvalue weighted by Crippen LogP contribution is 2.25. The molecule has 0 radical (unpaired) electrons. The summed E-state index contributed by atoms with van der Waals surface area (Å²) in [6, 6.07) is 0. The lowest BCUT2D eigenvalue weighted by molar-refractivity contribution is -0.123. The summed E-state index contributed by atoms with van der Waals surface area (Å²) >= 11 is 11.6. The molecule has 6 nitrogen and oxygen atoms in total. The molecule has 1 aromatic rings. The Bertz CT molecular complexity index is 432. The van der Waals surface area contributed by atoms with Crippen molar-refractivity contribution in [3.05, 3.63) is 16.6 Å². The molecule has 2 heterocycles. The molecule has 104 valence electrons. The maximum Gasteiger partial charge on any atom is 0.250 e. The molecule has 0 atom stereocenters. The summed E-state index contributed by atoms with van der Waals surface area (Å²) in [5.41, 5.74) is 0.213. The number of aromatic nitrogens is 2. The molecule has 1 aliphatic heterocycles. The van der Waals surface area contributed by atoms with E-state index in [4.69, 9.17) is 27.9 Å². The van der Waals surface area contributed by atoms with Crippen LogP contribution in [-0.2, 0) is 9.53 Å². The van der Waals surface area contributed by atoms with Crippen molar-refractivity contribution in [3.8, 4) is 0 Å². The fourth-order valence-corrected chi connectivity index (χ4v) is 2.19. The zero-order valence-electron chi connectivity index (χ0n) is 10.2. The van der Waals surface area contributed by atoms with Crippen LogP contribution in [0.1, 0.15) is 12.8 Å². The predicted octanol–water partition coefficient (Wildman–Crippen LogP) is 1.49. The third-order valence-corrected chi connectivity index (χ3v) is 3.33. The van der Waals surface area contributed by atoms with Crippen LogP contribution in [0.25, 0.3) is 0 Å². The van der Waals surface area contributed by atoms with Crippen molar-refractivity contribution in [2.24, 2.45) is 0 Å². The minimum atomic E-state index is -0.322. The van der Waals surface area contributed by atoms with Gasteiger partial charge < -0.3 is 15.4 Å². The van der Waals surface area contributed by atoms with E-state index < -0.39 is 0 Å². The zero-order chi connectivity index (χ0) is 13.7. The first-order chi connectivity index (χ1) is 9.16. The van der Waals surface area contributed by atoms with Gasteiger partial charge in [-0.05, 0) is 25.9 Å². The molecule has 0 aromatic carbocycles. The maximum atomic E-state index is 11.7. The monoisotopic (exact) mass is 304 g/mol. The molecule has 1 saturated heterocycles. The van der Waals surface area contributed by atoms with Gasteiger partial charge >= 0.3 is 0 Å². The number of halogens is 2. The molecule has 1 amide bonds. The minimum absolute atomic E-state index is 0.0355. The van der Waals surface area contributed by atoms with Crippen LogP contribution in [0.2, 0.25) is 10.3 Å². The summed E-state index contributed by atoms with van der Waals surface area (Å²) in [6.07, 6.45) is 3.16. The zero-order valence-corrected chi connectivity index (χ0v) is 11.7. The number of carbonyl (C=O) groups is 1. The standard InChI is InChI=1S/C11H14Cl2N4O2/c12-10-9(11(13)16-6-15-10)17-8(18)5-19-7-1-3-14-4-2-7/h6-7,14H,1-5H2,(H,17,18). The van der Waals surface area contributed by atoms with Gasteiger partial charge in [0.2, 0.25) is 0 Å². The molecule has 1 aromatic heterocycles. The van der Waals surface area contributed by atoms with Crippen LogP contribution in [0.15, 0.2) is 6.33 Å². The number of carbonyl (C=O) groups excluding carboxylic acids is 1. The molecule has 2 rings (SSSR count). The number of nitrogens with one attached hydrogen (secondary N) is 2. The van der Waals surface area contributed by atoms with E-state index in [1.54, 1.807) is 0 Å². The third kappa shape index (κ3) is 4.28. The van der Waals surface area contributed by atoms with E-state index in [9.17, 15) is 4.79 Å². The van der Waals surface area contributed by atoms with Gasteiger partial charge in [0.05, 0.1) is 6.10 Å². The lowest BCUT2D eigenvalue weighted by Crippen LogP contribution is -2.34. The van der Waals surface area contributed by atoms with Gasteiger partial charge in [-0.25, -0.2) is 9.97 Å². The maximum absolute atomic E-state index is 11.7. The number of anilines is 1. The van der Waals surface area contributed by atoms with Gasteiger partial charge in [-0.1, -0.05) is 23.2 Å². The van der Waals surface area contributed by atoms with Crippen molar-refractivity contribution in [2.75, 3.05) is 25.0 Å². The summed E-state index contributed by atoms with van der Waals surface area (Å²) in [4.78, 5) is 19.2. The quantitative estimate of drug-likeness (QED) is 0.824. The summed E-state index contributed by atoms with van der Waals surface area (Å²) in [7, 11) is 0. The topological polar surface area (TPSA) is 76.1 Å². The number of hydrogen-bond acceptors (Lipinski definition) is 5. The highest BCUT2D eigenvalue weighted by molar-refractivity contribution is 6.38. The fourth-order valence-electron chi connectivity index (χ4n) is 1.78. The number of nitrogens with zero attached hydrogens (tertiary/aromatic N) is 2. The smallest absolute Gasteiger partial charge is 0.250 e. The number of piperidine rings is 1. The van der Waals surface area contributed by atoms with E-state index in [0.717, 1.165) is 25.9 Å². The molecule has 1 fully saturated rings. The van der Waals surface area contributed by atoms with Gasteiger partial charge in [-0.15, -0.1) is 0 Å². The number of rotatable bonds is 4. The molecule has 8 heteroatoms. The van der Waals surface area contributed by atoms with Crippen molar-refractivity contribution in [1.29, 1.82) is 0 Å². The lowest BCUT2D eigenvalue weighted by Gasteiger charge is -2.22. The first-order valence-electron chi connectivity index (χ1n) is 5.95. The van der Waals surface area contributed by atoms with Crippen LogP contribution in [0.4, 0.5) is 5.69 Å². The highest BCUT2D eigenvalue weighted by Gasteiger charge is 2.16. The molecular weight excluding hydrogens is 291 g/mol. The Kier molecular flexibility index (Phi) is 5.33. The Morgan fingerprint density at radius 1 is 1.37 bits per heavy atom.